The second-order valence-corrected chi connectivity index (χ2v) is 13.1. The third kappa shape index (κ3) is 3.26. The smallest absolute Gasteiger partial charge is 0.302 e. The molecule has 3 saturated carbocycles. The zero-order valence-corrected chi connectivity index (χ0v) is 22.2. The van der Waals surface area contributed by atoms with Gasteiger partial charge >= 0.3 is 5.97 Å². The largest absolute Gasteiger partial charge is 0.462 e. The molecule has 4 heteroatoms. The van der Waals surface area contributed by atoms with Crippen molar-refractivity contribution < 1.29 is 19.1 Å². The molecule has 5 unspecified atom stereocenters. The number of carbonyl (C=O) groups is 2. The Morgan fingerprint density at radius 1 is 1.18 bits per heavy atom. The summed E-state index contributed by atoms with van der Waals surface area (Å²) >= 11 is 0. The highest BCUT2D eigenvalue weighted by molar-refractivity contribution is 5.98. The Morgan fingerprint density at radius 3 is 2.59 bits per heavy atom. The molecule has 4 fully saturated rings. The van der Waals surface area contributed by atoms with E-state index in [2.05, 4.69) is 53.7 Å². The first-order valence-corrected chi connectivity index (χ1v) is 13.7. The SMILES string of the molecule is CC(=O)OC1C[C@@]2(C)C(CC[C@@H]2C(C)/C=C/C(C)C(C)C)[C@@H]2C[C@H]3O[C@]34CC=CC(=O)[C@]4(C)C12. The highest BCUT2D eigenvalue weighted by Gasteiger charge is 2.79. The summed E-state index contributed by atoms with van der Waals surface area (Å²) in [7, 11) is 0. The molecule has 1 spiro atoms. The molecular formula is C30H44O4. The number of epoxide rings is 1. The molecule has 34 heavy (non-hydrogen) atoms. The predicted molar refractivity (Wildman–Crippen MR) is 133 cm³/mol. The van der Waals surface area contributed by atoms with Gasteiger partial charge in [-0.2, -0.15) is 0 Å². The van der Waals surface area contributed by atoms with E-state index in [0.29, 0.717) is 35.5 Å². The summed E-state index contributed by atoms with van der Waals surface area (Å²) in [6.07, 6.45) is 13.6. The minimum atomic E-state index is -0.604. The summed E-state index contributed by atoms with van der Waals surface area (Å²) in [5, 5.41) is 0. The third-order valence-electron chi connectivity index (χ3n) is 11.3. The summed E-state index contributed by atoms with van der Waals surface area (Å²) < 4.78 is 12.5. The van der Waals surface area contributed by atoms with Crippen molar-refractivity contribution in [1.29, 1.82) is 0 Å². The van der Waals surface area contributed by atoms with Crippen LogP contribution in [0.5, 0.6) is 0 Å². The van der Waals surface area contributed by atoms with E-state index >= 15 is 0 Å². The molecule has 1 heterocycles. The van der Waals surface area contributed by atoms with Gasteiger partial charge in [0.15, 0.2) is 5.78 Å². The van der Waals surface area contributed by atoms with Crippen molar-refractivity contribution >= 4 is 11.8 Å². The first-order valence-electron chi connectivity index (χ1n) is 13.7. The van der Waals surface area contributed by atoms with Crippen LogP contribution in [-0.2, 0) is 19.1 Å². The highest BCUT2D eigenvalue weighted by Crippen LogP contribution is 2.73. The number of hydrogen-bond acceptors (Lipinski definition) is 4. The molecule has 0 bridgehead atoms. The second-order valence-electron chi connectivity index (χ2n) is 13.1. The molecule has 1 aliphatic heterocycles. The number of ether oxygens (including phenoxy) is 2. The first-order chi connectivity index (χ1) is 16.0. The third-order valence-corrected chi connectivity index (χ3v) is 11.3. The zero-order chi connectivity index (χ0) is 24.6. The lowest BCUT2D eigenvalue weighted by Gasteiger charge is -2.59. The fourth-order valence-electron chi connectivity index (χ4n) is 9.12. The van der Waals surface area contributed by atoms with Crippen molar-refractivity contribution in [3.8, 4) is 0 Å². The van der Waals surface area contributed by atoms with Gasteiger partial charge in [0.05, 0.1) is 11.5 Å². The number of rotatable bonds is 5. The molecule has 0 amide bonds. The molecule has 0 radical (unpaired) electrons. The summed E-state index contributed by atoms with van der Waals surface area (Å²) in [5.41, 5.74) is -0.884. The monoisotopic (exact) mass is 468 g/mol. The van der Waals surface area contributed by atoms with Crippen molar-refractivity contribution in [2.24, 2.45) is 52.3 Å². The maximum absolute atomic E-state index is 13.5. The van der Waals surface area contributed by atoms with Gasteiger partial charge in [-0.15, -0.1) is 0 Å². The average molecular weight is 469 g/mol. The second kappa shape index (κ2) is 8.05. The molecular weight excluding hydrogens is 424 g/mol. The van der Waals surface area contributed by atoms with Gasteiger partial charge in [-0.05, 0) is 86.0 Å². The van der Waals surface area contributed by atoms with E-state index in [-0.39, 0.29) is 40.9 Å². The van der Waals surface area contributed by atoms with Crippen LogP contribution in [0.15, 0.2) is 24.3 Å². The quantitative estimate of drug-likeness (QED) is 0.276. The number of esters is 1. The van der Waals surface area contributed by atoms with Gasteiger partial charge < -0.3 is 9.47 Å². The van der Waals surface area contributed by atoms with Gasteiger partial charge in [-0.1, -0.05) is 52.8 Å². The van der Waals surface area contributed by atoms with Crippen LogP contribution in [0.3, 0.4) is 0 Å². The van der Waals surface area contributed by atoms with Gasteiger partial charge in [0, 0.05) is 12.8 Å². The fourth-order valence-corrected chi connectivity index (χ4v) is 9.12. The molecule has 0 N–H and O–H groups in total. The van der Waals surface area contributed by atoms with Crippen molar-refractivity contribution in [2.75, 3.05) is 0 Å². The van der Waals surface area contributed by atoms with Gasteiger partial charge in [0.1, 0.15) is 11.7 Å². The van der Waals surface area contributed by atoms with Crippen LogP contribution in [0.25, 0.3) is 0 Å². The van der Waals surface area contributed by atoms with E-state index in [1.54, 1.807) is 6.08 Å². The Balaban J connectivity index is 1.50. The van der Waals surface area contributed by atoms with Crippen LogP contribution in [0.1, 0.15) is 80.6 Å². The van der Waals surface area contributed by atoms with Crippen molar-refractivity contribution in [3.05, 3.63) is 24.3 Å². The molecule has 0 aromatic carbocycles. The summed E-state index contributed by atoms with van der Waals surface area (Å²) in [5.74, 6) is 3.15. The molecule has 5 aliphatic rings. The summed E-state index contributed by atoms with van der Waals surface area (Å²) in [6.45, 7) is 15.3. The topological polar surface area (TPSA) is 55.9 Å². The number of allylic oxidation sites excluding steroid dienone is 3. The molecule has 5 rings (SSSR count). The highest BCUT2D eigenvalue weighted by atomic mass is 16.6. The number of fused-ring (bicyclic) bond motifs is 4. The molecule has 188 valence electrons. The summed E-state index contributed by atoms with van der Waals surface area (Å²) in [4.78, 5) is 25.8. The number of ketones is 1. The molecule has 0 aromatic rings. The minimum absolute atomic E-state index is 0.0382. The van der Waals surface area contributed by atoms with E-state index in [1.165, 1.54) is 19.8 Å². The lowest BCUT2D eigenvalue weighted by molar-refractivity contribution is -0.186. The zero-order valence-electron chi connectivity index (χ0n) is 22.2. The van der Waals surface area contributed by atoms with Crippen LogP contribution in [0.2, 0.25) is 0 Å². The van der Waals surface area contributed by atoms with E-state index in [0.717, 1.165) is 19.3 Å². The van der Waals surface area contributed by atoms with Crippen LogP contribution in [0.4, 0.5) is 0 Å². The van der Waals surface area contributed by atoms with Crippen molar-refractivity contribution in [2.45, 2.75) is 98.4 Å². The Hall–Kier alpha value is -1.42. The van der Waals surface area contributed by atoms with Crippen LogP contribution < -0.4 is 0 Å². The van der Waals surface area contributed by atoms with Gasteiger partial charge in [-0.25, -0.2) is 0 Å². The van der Waals surface area contributed by atoms with E-state index in [4.69, 9.17) is 9.47 Å². The Morgan fingerprint density at radius 2 is 1.91 bits per heavy atom. The Kier molecular flexibility index (Phi) is 5.75. The lowest BCUT2D eigenvalue weighted by atomic mass is 9.44. The van der Waals surface area contributed by atoms with Crippen LogP contribution >= 0.6 is 0 Å². The number of carbonyl (C=O) groups excluding carboxylic acids is 2. The van der Waals surface area contributed by atoms with Crippen LogP contribution in [-0.4, -0.2) is 29.6 Å². The Bertz CT molecular complexity index is 919. The van der Waals surface area contributed by atoms with Gasteiger partial charge in [0.25, 0.3) is 0 Å². The van der Waals surface area contributed by atoms with E-state index in [1.807, 2.05) is 6.08 Å². The Labute approximate surface area is 205 Å². The lowest BCUT2D eigenvalue weighted by Crippen LogP contribution is -2.64. The molecule has 4 nitrogen and oxygen atoms in total. The van der Waals surface area contributed by atoms with Crippen LogP contribution in [0, 0.1) is 52.3 Å². The average Bonchev–Trinajstić information content (AvgIpc) is 3.35. The predicted octanol–water partition coefficient (Wildman–Crippen LogP) is 6.15. The van der Waals surface area contributed by atoms with Crippen molar-refractivity contribution in [3.63, 3.8) is 0 Å². The molecule has 4 aliphatic carbocycles. The van der Waals surface area contributed by atoms with E-state index < -0.39 is 5.41 Å². The molecule has 0 aromatic heterocycles. The first kappa shape index (κ1) is 24.3. The maximum Gasteiger partial charge on any atom is 0.302 e. The van der Waals surface area contributed by atoms with Gasteiger partial charge in [-0.3, -0.25) is 9.59 Å². The normalized spacial score (nSPS) is 48.6. The minimum Gasteiger partial charge on any atom is -0.462 e. The summed E-state index contributed by atoms with van der Waals surface area (Å²) in [6, 6.07) is 0. The number of hydrogen-bond donors (Lipinski definition) is 0. The molecule has 11 atom stereocenters. The van der Waals surface area contributed by atoms with E-state index in [9.17, 15) is 9.59 Å². The van der Waals surface area contributed by atoms with Crippen molar-refractivity contribution in [1.82, 2.24) is 0 Å². The van der Waals surface area contributed by atoms with Gasteiger partial charge in [0.2, 0.25) is 0 Å². The standard InChI is InChI=1S/C30H44O4/c1-17(2)18(3)10-11-19(4)22-12-13-23-21-15-26-30(34-26)14-8-9-25(32)29(30,7)27(21)24(33-20(5)31)16-28(22,23)6/h8-11,17-19,21-24,26-27H,12-16H2,1-7H3/b11-10+/t18?,19?,21-,22+,23?,24?,26+,27?,28+,29+,30+/m0/s1. The molecule has 1 saturated heterocycles. The fraction of sp³-hybridized carbons (Fsp3) is 0.800. The maximum atomic E-state index is 13.5.